The molecule has 1 aliphatic heterocycles. The fourth-order valence-electron chi connectivity index (χ4n) is 3.38. The van der Waals surface area contributed by atoms with Gasteiger partial charge in [-0.15, -0.1) is 0 Å². The number of para-hydroxylation sites is 3. The van der Waals surface area contributed by atoms with E-state index in [-0.39, 0.29) is 24.4 Å². The van der Waals surface area contributed by atoms with Crippen LogP contribution in [0.4, 0.5) is 5.69 Å². The number of likely N-dealkylation sites (N-methyl/N-ethyl adjacent to an activating group) is 1. The molecule has 4 rings (SSSR count). The minimum atomic E-state index is -0.624. The Kier molecular flexibility index (Phi) is 4.55. The van der Waals surface area contributed by atoms with Crippen molar-refractivity contribution in [1.29, 1.82) is 0 Å². The van der Waals surface area contributed by atoms with Crippen LogP contribution in [-0.2, 0) is 9.59 Å². The Labute approximate surface area is 163 Å². The Hall–Kier alpha value is -3.28. The van der Waals surface area contributed by atoms with E-state index in [0.717, 1.165) is 11.0 Å². The number of amides is 2. The monoisotopic (exact) mass is 378 g/mol. The third-order valence-corrected chi connectivity index (χ3v) is 5.20. The molecule has 3 aromatic rings. The number of nitrogens with zero attached hydrogens (tertiary/aromatic N) is 2. The number of hydrogen-bond donors (Lipinski definition) is 0. The lowest BCUT2D eigenvalue weighted by Crippen LogP contribution is -2.49. The van der Waals surface area contributed by atoms with Crippen LogP contribution in [0.5, 0.6) is 5.75 Å². The summed E-state index contributed by atoms with van der Waals surface area (Å²) in [6.07, 6.45) is -0.624. The van der Waals surface area contributed by atoms with Gasteiger partial charge in [0.05, 0.1) is 11.7 Å². The highest BCUT2D eigenvalue weighted by Crippen LogP contribution is 2.34. The number of anilines is 1. The average Bonchev–Trinajstić information content (AvgIpc) is 3.14. The van der Waals surface area contributed by atoms with Crippen LogP contribution in [0, 0.1) is 0 Å². The predicted octanol–water partition coefficient (Wildman–Crippen LogP) is 3.77. The molecule has 0 bridgehead atoms. The van der Waals surface area contributed by atoms with Gasteiger partial charge in [-0.1, -0.05) is 30.3 Å². The quantitative estimate of drug-likeness (QED) is 0.693. The maximum atomic E-state index is 13.0. The minimum Gasteiger partial charge on any atom is -0.479 e. The molecular formula is C22H22N2O4. The molecule has 2 atom stereocenters. The Balaban J connectivity index is 1.55. The van der Waals surface area contributed by atoms with Crippen molar-refractivity contribution in [2.24, 2.45) is 0 Å². The van der Waals surface area contributed by atoms with Crippen LogP contribution in [0.1, 0.15) is 25.6 Å². The standard InChI is InChI=1S/C22H22N2O4/c1-14(20-12-16-8-4-6-10-18(16)28-20)23(3)21(25)13-24-17-9-5-7-11-19(17)27-15(2)22(24)26/h4-12,14-15H,13H2,1-3H3. The molecule has 0 saturated heterocycles. The fraction of sp³-hybridized carbons (Fsp3) is 0.273. The Morgan fingerprint density at radius 2 is 1.89 bits per heavy atom. The van der Waals surface area contributed by atoms with Crippen LogP contribution >= 0.6 is 0 Å². The van der Waals surface area contributed by atoms with Crippen molar-refractivity contribution >= 4 is 28.5 Å². The Morgan fingerprint density at radius 1 is 1.18 bits per heavy atom. The number of benzene rings is 2. The van der Waals surface area contributed by atoms with Gasteiger partial charge in [-0.3, -0.25) is 14.5 Å². The molecule has 0 radical (unpaired) electrons. The summed E-state index contributed by atoms with van der Waals surface area (Å²) in [6, 6.07) is 16.7. The van der Waals surface area contributed by atoms with Crippen LogP contribution in [0.15, 0.2) is 59.0 Å². The second kappa shape index (κ2) is 7.03. The van der Waals surface area contributed by atoms with Crippen LogP contribution in [0.2, 0.25) is 0 Å². The molecule has 2 amide bonds. The first-order chi connectivity index (χ1) is 13.5. The number of furan rings is 1. The predicted molar refractivity (Wildman–Crippen MR) is 106 cm³/mol. The first-order valence-corrected chi connectivity index (χ1v) is 9.27. The second-order valence-electron chi connectivity index (χ2n) is 7.02. The van der Waals surface area contributed by atoms with E-state index in [1.165, 1.54) is 4.90 Å². The summed E-state index contributed by atoms with van der Waals surface area (Å²) in [5, 5.41) is 0.997. The van der Waals surface area contributed by atoms with Crippen LogP contribution < -0.4 is 9.64 Å². The second-order valence-corrected chi connectivity index (χ2v) is 7.02. The van der Waals surface area contributed by atoms with Crippen molar-refractivity contribution in [2.45, 2.75) is 26.0 Å². The Bertz CT molecular complexity index is 1010. The molecule has 0 aliphatic carbocycles. The smallest absolute Gasteiger partial charge is 0.268 e. The van der Waals surface area contributed by atoms with E-state index in [4.69, 9.17) is 9.15 Å². The molecule has 2 aromatic carbocycles. The molecule has 1 aliphatic rings. The summed E-state index contributed by atoms with van der Waals surface area (Å²) in [4.78, 5) is 28.7. The zero-order valence-corrected chi connectivity index (χ0v) is 16.1. The number of hydrogen-bond acceptors (Lipinski definition) is 4. The van der Waals surface area contributed by atoms with Crippen LogP contribution in [-0.4, -0.2) is 36.4 Å². The van der Waals surface area contributed by atoms with E-state index >= 15 is 0 Å². The maximum absolute atomic E-state index is 13.0. The lowest BCUT2D eigenvalue weighted by molar-refractivity contribution is -0.133. The molecule has 0 N–H and O–H groups in total. The highest BCUT2D eigenvalue weighted by molar-refractivity contribution is 6.03. The van der Waals surface area contributed by atoms with Gasteiger partial charge in [0.25, 0.3) is 5.91 Å². The summed E-state index contributed by atoms with van der Waals surface area (Å²) in [6.45, 7) is 3.55. The van der Waals surface area contributed by atoms with Gasteiger partial charge in [0.2, 0.25) is 5.91 Å². The lowest BCUT2D eigenvalue weighted by atomic mass is 10.1. The van der Waals surface area contributed by atoms with Gasteiger partial charge in [0.1, 0.15) is 23.6 Å². The van der Waals surface area contributed by atoms with Crippen molar-refractivity contribution in [3.63, 3.8) is 0 Å². The molecule has 1 aromatic heterocycles. The number of carbonyl (C=O) groups is 2. The molecule has 0 saturated carbocycles. The van der Waals surface area contributed by atoms with E-state index in [9.17, 15) is 9.59 Å². The van der Waals surface area contributed by atoms with E-state index in [2.05, 4.69) is 0 Å². The van der Waals surface area contributed by atoms with Gasteiger partial charge in [-0.2, -0.15) is 0 Å². The SMILES string of the molecule is CC1Oc2ccccc2N(CC(=O)N(C)C(C)c2cc3ccccc3o2)C1=O. The van der Waals surface area contributed by atoms with E-state index in [1.54, 1.807) is 31.0 Å². The van der Waals surface area contributed by atoms with E-state index in [1.807, 2.05) is 49.4 Å². The first kappa shape index (κ1) is 18.1. The molecule has 2 heterocycles. The fourth-order valence-corrected chi connectivity index (χ4v) is 3.38. The molecule has 6 nitrogen and oxygen atoms in total. The molecular weight excluding hydrogens is 356 g/mol. The molecule has 0 spiro atoms. The molecule has 2 unspecified atom stereocenters. The third-order valence-electron chi connectivity index (χ3n) is 5.20. The maximum Gasteiger partial charge on any atom is 0.268 e. The number of ether oxygens (including phenoxy) is 1. The van der Waals surface area contributed by atoms with Gasteiger partial charge in [0, 0.05) is 12.4 Å². The van der Waals surface area contributed by atoms with Crippen molar-refractivity contribution in [3.05, 3.63) is 60.4 Å². The highest BCUT2D eigenvalue weighted by atomic mass is 16.5. The summed E-state index contributed by atoms with van der Waals surface area (Å²) in [7, 11) is 1.72. The van der Waals surface area contributed by atoms with Gasteiger partial charge < -0.3 is 14.1 Å². The topological polar surface area (TPSA) is 63.0 Å². The highest BCUT2D eigenvalue weighted by Gasteiger charge is 2.34. The van der Waals surface area contributed by atoms with Gasteiger partial charge in [0.15, 0.2) is 6.10 Å². The largest absolute Gasteiger partial charge is 0.479 e. The molecule has 144 valence electrons. The lowest BCUT2D eigenvalue weighted by Gasteiger charge is -2.34. The number of carbonyl (C=O) groups excluding carboxylic acids is 2. The normalized spacial score (nSPS) is 17.2. The van der Waals surface area contributed by atoms with Crippen LogP contribution in [0.25, 0.3) is 11.0 Å². The minimum absolute atomic E-state index is 0.0510. The summed E-state index contributed by atoms with van der Waals surface area (Å²) >= 11 is 0. The van der Waals surface area contributed by atoms with Crippen molar-refractivity contribution < 1.29 is 18.7 Å². The summed E-state index contributed by atoms with van der Waals surface area (Å²) in [5.41, 5.74) is 1.40. The molecule has 28 heavy (non-hydrogen) atoms. The van der Waals surface area contributed by atoms with E-state index < -0.39 is 6.10 Å². The third kappa shape index (κ3) is 3.11. The van der Waals surface area contributed by atoms with Gasteiger partial charge in [-0.25, -0.2) is 0 Å². The van der Waals surface area contributed by atoms with Crippen LogP contribution in [0.3, 0.4) is 0 Å². The number of rotatable bonds is 4. The molecule has 0 fully saturated rings. The summed E-state index contributed by atoms with van der Waals surface area (Å²) < 4.78 is 11.5. The van der Waals surface area contributed by atoms with Gasteiger partial charge in [-0.05, 0) is 38.1 Å². The Morgan fingerprint density at radius 3 is 2.68 bits per heavy atom. The zero-order chi connectivity index (χ0) is 19.8. The van der Waals surface area contributed by atoms with Crippen molar-refractivity contribution in [1.82, 2.24) is 4.90 Å². The molecule has 6 heteroatoms. The van der Waals surface area contributed by atoms with E-state index in [0.29, 0.717) is 17.2 Å². The first-order valence-electron chi connectivity index (χ1n) is 9.27. The number of fused-ring (bicyclic) bond motifs is 2. The average molecular weight is 378 g/mol. The summed E-state index contributed by atoms with van der Waals surface area (Å²) in [5.74, 6) is 0.913. The van der Waals surface area contributed by atoms with Crippen molar-refractivity contribution in [2.75, 3.05) is 18.5 Å². The van der Waals surface area contributed by atoms with Gasteiger partial charge >= 0.3 is 0 Å². The van der Waals surface area contributed by atoms with Crippen molar-refractivity contribution in [3.8, 4) is 5.75 Å². The zero-order valence-electron chi connectivity index (χ0n) is 16.1.